The van der Waals surface area contributed by atoms with Gasteiger partial charge in [0.1, 0.15) is 17.8 Å². The van der Waals surface area contributed by atoms with Crippen LogP contribution >= 0.6 is 11.6 Å². The van der Waals surface area contributed by atoms with Crippen LogP contribution in [0.25, 0.3) is 11.0 Å². The molecule has 1 saturated heterocycles. The molecule has 6 heterocycles. The fourth-order valence-electron chi connectivity index (χ4n) is 7.06. The Labute approximate surface area is 310 Å². The van der Waals surface area contributed by atoms with Gasteiger partial charge in [0.25, 0.3) is 11.8 Å². The SMILES string of the molecule is CCC1=C(N2CCN(C(=O)c3nccc4[nH]cnc34)CC2)C(=O)N2NC(c3ccc4c(c3)OCO4)=NC2(C)N1CC(=O)Nc1ccc(C(F)(F)F)cc1Cl. The fraction of sp³-hybridized carbons (Fsp3) is 0.314. The Balaban J connectivity index is 1.10. The Bertz CT molecular complexity index is 2270. The molecule has 3 amide bonds. The Kier molecular flexibility index (Phi) is 8.51. The van der Waals surface area contributed by atoms with Crippen molar-refractivity contribution in [1.82, 2.24) is 40.1 Å². The lowest BCUT2D eigenvalue weighted by Gasteiger charge is -2.50. The number of hydrazine groups is 1. The van der Waals surface area contributed by atoms with E-state index in [1.165, 1.54) is 11.3 Å². The van der Waals surface area contributed by atoms with Gasteiger partial charge in [-0.15, -0.1) is 0 Å². The van der Waals surface area contributed by atoms with Gasteiger partial charge in [-0.1, -0.05) is 18.5 Å². The summed E-state index contributed by atoms with van der Waals surface area (Å²) in [5.41, 5.74) is 4.96. The number of aliphatic imine (C=N–C) groups is 1. The summed E-state index contributed by atoms with van der Waals surface area (Å²) >= 11 is 6.18. The second-order valence-corrected chi connectivity index (χ2v) is 13.4. The van der Waals surface area contributed by atoms with Gasteiger partial charge in [-0.05, 0) is 48.9 Å². The first-order chi connectivity index (χ1) is 25.9. The van der Waals surface area contributed by atoms with Gasteiger partial charge in [0.05, 0.1) is 28.1 Å². The third-order valence-electron chi connectivity index (χ3n) is 9.76. The quantitative estimate of drug-likeness (QED) is 0.250. The first-order valence-corrected chi connectivity index (χ1v) is 17.3. The van der Waals surface area contributed by atoms with Crippen molar-refractivity contribution in [3.63, 3.8) is 0 Å². The number of fused-ring (bicyclic) bond motifs is 3. The Hall–Kier alpha value is -6.04. The molecule has 0 spiro atoms. The number of amidine groups is 1. The van der Waals surface area contributed by atoms with Gasteiger partial charge in [-0.2, -0.15) is 13.2 Å². The molecule has 0 bridgehead atoms. The Morgan fingerprint density at radius 2 is 1.81 bits per heavy atom. The number of rotatable bonds is 7. The molecule has 4 aliphatic heterocycles. The molecule has 4 aliphatic rings. The van der Waals surface area contributed by atoms with Crippen LogP contribution in [0.2, 0.25) is 5.02 Å². The number of aromatic nitrogens is 3. The number of imidazole rings is 1. The molecule has 1 fully saturated rings. The van der Waals surface area contributed by atoms with Crippen molar-refractivity contribution in [2.45, 2.75) is 32.2 Å². The number of amides is 3. The van der Waals surface area contributed by atoms with Crippen LogP contribution in [-0.4, -0.2) is 104 Å². The minimum absolute atomic E-state index is 0.0121. The molecular weight excluding hydrogens is 733 g/mol. The van der Waals surface area contributed by atoms with E-state index in [4.69, 9.17) is 26.1 Å². The average molecular weight is 765 g/mol. The van der Waals surface area contributed by atoms with Gasteiger partial charge in [0.15, 0.2) is 23.0 Å². The predicted octanol–water partition coefficient (Wildman–Crippen LogP) is 4.16. The van der Waals surface area contributed by atoms with Crippen LogP contribution in [0.15, 0.2) is 71.4 Å². The van der Waals surface area contributed by atoms with Gasteiger partial charge in [0.2, 0.25) is 18.5 Å². The molecule has 1 unspecified atom stereocenters. The highest BCUT2D eigenvalue weighted by Gasteiger charge is 2.54. The van der Waals surface area contributed by atoms with Crippen LogP contribution in [0.5, 0.6) is 11.5 Å². The van der Waals surface area contributed by atoms with Crippen LogP contribution in [0.1, 0.15) is 41.9 Å². The first-order valence-electron chi connectivity index (χ1n) is 17.0. The summed E-state index contributed by atoms with van der Waals surface area (Å²) in [6.07, 6.45) is -1.27. The maximum atomic E-state index is 14.6. The second kappa shape index (κ2) is 13.1. The molecule has 3 N–H and O–H groups in total. The minimum Gasteiger partial charge on any atom is -0.454 e. The van der Waals surface area contributed by atoms with Gasteiger partial charge >= 0.3 is 6.18 Å². The summed E-state index contributed by atoms with van der Waals surface area (Å²) in [4.78, 5) is 63.6. The highest BCUT2D eigenvalue weighted by Crippen LogP contribution is 2.41. The third kappa shape index (κ3) is 5.95. The number of hydrogen-bond donors (Lipinski definition) is 3. The maximum Gasteiger partial charge on any atom is 0.416 e. The van der Waals surface area contributed by atoms with E-state index in [0.717, 1.165) is 18.2 Å². The van der Waals surface area contributed by atoms with Crippen molar-refractivity contribution in [3.05, 3.63) is 88.2 Å². The topological polar surface area (TPSA) is 161 Å². The number of alkyl halides is 3. The van der Waals surface area contributed by atoms with Crippen molar-refractivity contribution in [1.29, 1.82) is 0 Å². The monoisotopic (exact) mass is 764 g/mol. The van der Waals surface area contributed by atoms with Gasteiger partial charge < -0.3 is 34.5 Å². The number of aromatic amines is 1. The predicted molar refractivity (Wildman–Crippen MR) is 188 cm³/mol. The van der Waals surface area contributed by atoms with Gasteiger partial charge in [-0.25, -0.2) is 20.0 Å². The first kappa shape index (κ1) is 35.0. The molecule has 15 nitrogen and oxygen atoms in total. The molecule has 19 heteroatoms. The van der Waals surface area contributed by atoms with Crippen LogP contribution in [0.4, 0.5) is 18.9 Å². The van der Waals surface area contributed by atoms with Crippen molar-refractivity contribution < 1.29 is 37.0 Å². The van der Waals surface area contributed by atoms with E-state index in [9.17, 15) is 27.6 Å². The summed E-state index contributed by atoms with van der Waals surface area (Å²) in [5.74, 6) is -1.38. The van der Waals surface area contributed by atoms with E-state index in [-0.39, 0.29) is 61.8 Å². The normalized spacial score (nSPS) is 19.7. The molecule has 4 aromatic rings. The molecule has 0 radical (unpaired) electrons. The highest BCUT2D eigenvalue weighted by molar-refractivity contribution is 6.33. The van der Waals surface area contributed by atoms with Gasteiger partial charge in [-0.3, -0.25) is 19.8 Å². The van der Waals surface area contributed by atoms with E-state index in [1.807, 2.05) is 11.8 Å². The number of hydrogen-bond acceptors (Lipinski definition) is 11. The number of nitrogens with zero attached hydrogens (tertiary/aromatic N) is 7. The lowest BCUT2D eigenvalue weighted by molar-refractivity contribution is -0.150. The van der Waals surface area contributed by atoms with E-state index in [1.54, 1.807) is 47.2 Å². The summed E-state index contributed by atoms with van der Waals surface area (Å²) in [7, 11) is 0. The number of H-pyrrole nitrogens is 1. The van der Waals surface area contributed by atoms with Crippen molar-refractivity contribution in [3.8, 4) is 11.5 Å². The number of benzene rings is 2. The molecule has 2 aromatic carbocycles. The zero-order chi connectivity index (χ0) is 37.9. The zero-order valence-corrected chi connectivity index (χ0v) is 29.6. The standard InChI is InChI=1S/C35H32ClF3N10O5/c1-3-24-30(46-10-12-47(13-11-46)32(51)29-28-23(8-9-40-29)41-17-42-28)33(52)49-34(2,44-31(45-49)19-4-7-25-26(14-19)54-18-53-25)48(24)16-27(50)43-22-6-5-20(15-21(22)36)35(37,38)39/h4-9,14-15,17H,3,10-13,16,18H2,1-2H3,(H,41,42)(H,43,50)(H,44,45). The number of halogens is 4. The molecule has 0 aliphatic carbocycles. The number of ether oxygens (including phenoxy) is 2. The molecule has 0 saturated carbocycles. The number of carbonyl (C=O) groups excluding carboxylic acids is 3. The Morgan fingerprint density at radius 3 is 2.56 bits per heavy atom. The summed E-state index contributed by atoms with van der Waals surface area (Å²) in [6.45, 7) is 4.35. The number of anilines is 1. The molecule has 8 rings (SSSR count). The third-order valence-corrected chi connectivity index (χ3v) is 10.1. The fourth-order valence-corrected chi connectivity index (χ4v) is 7.29. The molecule has 54 heavy (non-hydrogen) atoms. The van der Waals surface area contributed by atoms with E-state index in [2.05, 4.69) is 25.7 Å². The number of pyridine rings is 1. The summed E-state index contributed by atoms with van der Waals surface area (Å²) in [6, 6.07) is 9.62. The highest BCUT2D eigenvalue weighted by atomic mass is 35.5. The number of allylic oxidation sites excluding steroid dienone is 1. The molecule has 1 atom stereocenters. The van der Waals surface area contributed by atoms with Gasteiger partial charge in [0, 0.05) is 50.6 Å². The maximum absolute atomic E-state index is 14.6. The smallest absolute Gasteiger partial charge is 0.416 e. The molecular formula is C35H32ClF3N10O5. The van der Waals surface area contributed by atoms with Crippen molar-refractivity contribution in [2.24, 2.45) is 4.99 Å². The Morgan fingerprint density at radius 1 is 1.04 bits per heavy atom. The lowest BCUT2D eigenvalue weighted by atomic mass is 10.1. The minimum atomic E-state index is -4.62. The van der Waals surface area contributed by atoms with Crippen molar-refractivity contribution >= 4 is 51.9 Å². The lowest BCUT2D eigenvalue weighted by Crippen LogP contribution is -2.66. The van der Waals surface area contributed by atoms with Crippen LogP contribution in [0, 0.1) is 0 Å². The largest absolute Gasteiger partial charge is 0.454 e. The second-order valence-electron chi connectivity index (χ2n) is 13.0. The summed E-state index contributed by atoms with van der Waals surface area (Å²) < 4.78 is 50.9. The van der Waals surface area contributed by atoms with E-state index in [0.29, 0.717) is 51.7 Å². The summed E-state index contributed by atoms with van der Waals surface area (Å²) in [5, 5.41) is 3.68. The van der Waals surface area contributed by atoms with Crippen LogP contribution in [0.3, 0.4) is 0 Å². The van der Waals surface area contributed by atoms with Crippen LogP contribution < -0.4 is 20.2 Å². The number of piperazine rings is 1. The van der Waals surface area contributed by atoms with Crippen molar-refractivity contribution in [2.75, 3.05) is 44.8 Å². The average Bonchev–Trinajstić information content (AvgIpc) is 3.91. The molecule has 2 aromatic heterocycles. The zero-order valence-electron chi connectivity index (χ0n) is 28.8. The molecule has 280 valence electrons. The number of nitrogens with one attached hydrogen (secondary N) is 3. The number of carbonyl (C=O) groups is 3. The van der Waals surface area contributed by atoms with E-state index < -0.39 is 29.3 Å². The van der Waals surface area contributed by atoms with Crippen LogP contribution in [-0.2, 0) is 15.8 Å². The van der Waals surface area contributed by atoms with E-state index >= 15 is 0 Å².